The third-order valence-corrected chi connectivity index (χ3v) is 3.61. The van der Waals surface area contributed by atoms with Crippen LogP contribution in [0.1, 0.15) is 21.5 Å². The fourth-order valence-electron chi connectivity index (χ4n) is 2.15. The Kier molecular flexibility index (Phi) is 5.60. The van der Waals surface area contributed by atoms with E-state index in [-0.39, 0.29) is 17.6 Å². The lowest BCUT2D eigenvalue weighted by atomic mass is 10.1. The number of rotatable bonds is 5. The molecule has 0 aliphatic heterocycles. The summed E-state index contributed by atoms with van der Waals surface area (Å²) in [4.78, 5) is 16.6. The molecule has 6 heteroatoms. The summed E-state index contributed by atoms with van der Waals surface area (Å²) in [5.74, 6) is 0.0698. The van der Waals surface area contributed by atoms with E-state index < -0.39 is 0 Å². The van der Waals surface area contributed by atoms with Crippen LogP contribution in [0.3, 0.4) is 0 Å². The summed E-state index contributed by atoms with van der Waals surface area (Å²) in [6, 6.07) is 12.9. The molecule has 0 aliphatic rings. The van der Waals surface area contributed by atoms with Gasteiger partial charge in [0.15, 0.2) is 0 Å². The first kappa shape index (κ1) is 16.8. The lowest BCUT2D eigenvalue weighted by molar-refractivity contribution is 0.0963. The van der Waals surface area contributed by atoms with Crippen LogP contribution < -0.4 is 16.6 Å². The van der Waals surface area contributed by atoms with Crippen molar-refractivity contribution in [2.45, 2.75) is 13.8 Å². The van der Waals surface area contributed by atoms with Crippen molar-refractivity contribution in [3.8, 4) is 0 Å². The van der Waals surface area contributed by atoms with E-state index in [1.54, 1.807) is 24.3 Å². The van der Waals surface area contributed by atoms with Gasteiger partial charge in [0.1, 0.15) is 5.84 Å². The van der Waals surface area contributed by atoms with Crippen molar-refractivity contribution in [3.05, 3.63) is 59.2 Å². The number of aryl methyl sites for hydroxylation is 2. The number of hydrogen-bond donors (Lipinski definition) is 3. The Hall–Kier alpha value is -2.53. The van der Waals surface area contributed by atoms with Gasteiger partial charge in [0, 0.05) is 0 Å². The van der Waals surface area contributed by atoms with Crippen LogP contribution in [-0.2, 0) is 0 Å². The number of nitrogens with two attached hydrogens (primary N) is 1. The molecule has 0 saturated heterocycles. The third kappa shape index (κ3) is 4.23. The van der Waals surface area contributed by atoms with E-state index in [9.17, 15) is 4.79 Å². The molecule has 2 aromatic carbocycles. The molecule has 120 valence electrons. The fourth-order valence-corrected chi connectivity index (χ4v) is 2.21. The maximum atomic E-state index is 12.4. The highest BCUT2D eigenvalue weighted by molar-refractivity contribution is 6.28. The summed E-state index contributed by atoms with van der Waals surface area (Å²) in [7, 11) is 0. The monoisotopic (exact) mass is 330 g/mol. The van der Waals surface area contributed by atoms with Gasteiger partial charge in [-0.1, -0.05) is 30.3 Å². The minimum atomic E-state index is -0.297. The maximum absolute atomic E-state index is 12.4. The highest BCUT2D eigenvalue weighted by atomic mass is 35.5. The number of para-hydroxylation sites is 2. The zero-order chi connectivity index (χ0) is 16.8. The molecule has 0 saturated carbocycles. The van der Waals surface area contributed by atoms with Gasteiger partial charge >= 0.3 is 0 Å². The molecule has 0 heterocycles. The third-order valence-electron chi connectivity index (χ3n) is 3.33. The van der Waals surface area contributed by atoms with Crippen molar-refractivity contribution in [2.75, 3.05) is 11.3 Å². The molecule has 23 heavy (non-hydrogen) atoms. The van der Waals surface area contributed by atoms with Gasteiger partial charge in [-0.2, -0.15) is 0 Å². The minimum absolute atomic E-state index is 0.108. The van der Waals surface area contributed by atoms with Gasteiger partial charge in [0.05, 0.1) is 22.8 Å². The number of carbonyl (C=O) groups is 1. The van der Waals surface area contributed by atoms with Crippen LogP contribution in [0.4, 0.5) is 11.4 Å². The smallest absolute Gasteiger partial charge is 0.271 e. The van der Waals surface area contributed by atoms with Crippen LogP contribution >= 0.6 is 11.6 Å². The molecule has 0 unspecified atom stereocenters. The molecule has 0 atom stereocenters. The molecule has 1 amide bonds. The summed E-state index contributed by atoms with van der Waals surface area (Å²) in [6.45, 7) is 3.95. The Morgan fingerprint density at radius 3 is 2.43 bits per heavy atom. The first-order chi connectivity index (χ1) is 11.0. The van der Waals surface area contributed by atoms with Crippen LogP contribution in [0.15, 0.2) is 47.5 Å². The van der Waals surface area contributed by atoms with Crippen molar-refractivity contribution in [2.24, 2.45) is 10.7 Å². The number of amides is 1. The number of nitrogens with one attached hydrogen (secondary N) is 2. The number of alkyl halides is 1. The Balaban J connectivity index is 2.19. The van der Waals surface area contributed by atoms with Crippen molar-refractivity contribution in [1.82, 2.24) is 5.43 Å². The second kappa shape index (κ2) is 7.65. The number of carbonyl (C=O) groups excluding carboxylic acids is 1. The fraction of sp³-hybridized carbons (Fsp3) is 0.176. The lowest BCUT2D eigenvalue weighted by Gasteiger charge is -2.14. The quantitative estimate of drug-likeness (QED) is 0.340. The number of amidine groups is 1. The Morgan fingerprint density at radius 1 is 1.13 bits per heavy atom. The Bertz CT molecular complexity index is 723. The van der Waals surface area contributed by atoms with E-state index >= 15 is 0 Å². The molecule has 0 radical (unpaired) electrons. The topological polar surface area (TPSA) is 79.5 Å². The van der Waals surface area contributed by atoms with E-state index in [4.69, 9.17) is 17.3 Å². The van der Waals surface area contributed by atoms with Crippen molar-refractivity contribution >= 4 is 34.7 Å². The second-order valence-corrected chi connectivity index (χ2v) is 5.37. The molecule has 4 N–H and O–H groups in total. The molecule has 0 aromatic heterocycles. The summed E-state index contributed by atoms with van der Waals surface area (Å²) in [6.07, 6.45) is 0. The zero-order valence-electron chi connectivity index (χ0n) is 13.1. The summed E-state index contributed by atoms with van der Waals surface area (Å²) >= 11 is 5.64. The largest absolute Gasteiger partial charge is 0.386 e. The molecule has 2 rings (SSSR count). The SMILES string of the molecule is Cc1cccc(C)c1NNC(=O)c1ccccc1N=C(N)CCl. The minimum Gasteiger partial charge on any atom is -0.386 e. The number of halogens is 1. The second-order valence-electron chi connectivity index (χ2n) is 5.10. The van der Waals surface area contributed by atoms with Crippen LogP contribution in [0.2, 0.25) is 0 Å². The van der Waals surface area contributed by atoms with Crippen LogP contribution in [0.5, 0.6) is 0 Å². The lowest BCUT2D eigenvalue weighted by Crippen LogP contribution is -2.30. The predicted molar refractivity (Wildman–Crippen MR) is 95.4 cm³/mol. The number of hydrogen-bond acceptors (Lipinski definition) is 3. The highest BCUT2D eigenvalue weighted by Gasteiger charge is 2.11. The van der Waals surface area contributed by atoms with Gasteiger partial charge in [0.2, 0.25) is 0 Å². The number of hydrazine groups is 1. The molecular formula is C17H19ClN4O. The predicted octanol–water partition coefficient (Wildman–Crippen LogP) is 3.29. The first-order valence-electron chi connectivity index (χ1n) is 7.13. The maximum Gasteiger partial charge on any atom is 0.271 e. The number of benzene rings is 2. The van der Waals surface area contributed by atoms with E-state index in [2.05, 4.69) is 15.8 Å². The highest BCUT2D eigenvalue weighted by Crippen LogP contribution is 2.20. The molecule has 0 bridgehead atoms. The first-order valence-corrected chi connectivity index (χ1v) is 7.67. The van der Waals surface area contributed by atoms with Crippen LogP contribution in [-0.4, -0.2) is 17.6 Å². The van der Waals surface area contributed by atoms with Gasteiger partial charge in [-0.25, -0.2) is 4.99 Å². The average molecular weight is 331 g/mol. The van der Waals surface area contributed by atoms with Gasteiger partial charge in [-0.15, -0.1) is 11.6 Å². The summed E-state index contributed by atoms with van der Waals surface area (Å²) in [5, 5.41) is 0. The average Bonchev–Trinajstić information content (AvgIpc) is 2.54. The molecule has 0 aliphatic carbocycles. The van der Waals surface area contributed by atoms with E-state index in [0.717, 1.165) is 16.8 Å². The molecule has 0 fully saturated rings. The van der Waals surface area contributed by atoms with Gasteiger partial charge in [-0.3, -0.25) is 15.6 Å². The van der Waals surface area contributed by atoms with E-state index in [0.29, 0.717) is 11.3 Å². The van der Waals surface area contributed by atoms with Gasteiger partial charge in [-0.05, 0) is 37.1 Å². The number of anilines is 1. The van der Waals surface area contributed by atoms with Crippen molar-refractivity contribution in [3.63, 3.8) is 0 Å². The Morgan fingerprint density at radius 2 is 1.78 bits per heavy atom. The summed E-state index contributed by atoms with van der Waals surface area (Å²) in [5.41, 5.74) is 15.2. The zero-order valence-corrected chi connectivity index (χ0v) is 13.8. The van der Waals surface area contributed by atoms with Crippen molar-refractivity contribution < 1.29 is 4.79 Å². The van der Waals surface area contributed by atoms with Crippen LogP contribution in [0, 0.1) is 13.8 Å². The molecule has 2 aromatic rings. The van der Waals surface area contributed by atoms with Crippen LogP contribution in [0.25, 0.3) is 0 Å². The standard InChI is InChI=1S/C17H19ClN4O/c1-11-6-5-7-12(2)16(11)21-22-17(23)13-8-3-4-9-14(13)20-15(19)10-18/h3-9,21H,10H2,1-2H3,(H2,19,20)(H,22,23). The van der Waals surface area contributed by atoms with E-state index in [1.165, 1.54) is 0 Å². The van der Waals surface area contributed by atoms with Gasteiger partial charge in [0.25, 0.3) is 5.91 Å². The van der Waals surface area contributed by atoms with Crippen molar-refractivity contribution in [1.29, 1.82) is 0 Å². The normalized spacial score (nSPS) is 11.2. The summed E-state index contributed by atoms with van der Waals surface area (Å²) < 4.78 is 0. The molecule has 5 nitrogen and oxygen atoms in total. The molecular weight excluding hydrogens is 312 g/mol. The Labute approximate surface area is 140 Å². The molecule has 0 spiro atoms. The van der Waals surface area contributed by atoms with E-state index in [1.807, 2.05) is 32.0 Å². The van der Waals surface area contributed by atoms with Gasteiger partial charge < -0.3 is 5.73 Å². The number of aliphatic imine (C=N–C) groups is 1. The number of nitrogens with zero attached hydrogens (tertiary/aromatic N) is 1.